The first-order valence-corrected chi connectivity index (χ1v) is 8.41. The van der Waals surface area contributed by atoms with Gasteiger partial charge in [0.05, 0.1) is 6.04 Å². The standard InChI is InChI=1S/C17H16BrNS/c1-2-19-17(16-4-3-9-20-16)14-6-5-13-11-15(18)8-7-12(13)10-14/h3-11,17,19H,2H2,1H3. The van der Waals surface area contributed by atoms with E-state index in [1.165, 1.54) is 21.2 Å². The van der Waals surface area contributed by atoms with Crippen molar-refractivity contribution in [3.63, 3.8) is 0 Å². The molecule has 0 aliphatic heterocycles. The molecule has 0 aliphatic carbocycles. The number of fused-ring (bicyclic) bond motifs is 1. The molecule has 1 atom stereocenters. The zero-order chi connectivity index (χ0) is 13.9. The lowest BCUT2D eigenvalue weighted by atomic mass is 10.0. The van der Waals surface area contributed by atoms with E-state index in [1.807, 2.05) is 0 Å². The smallest absolute Gasteiger partial charge is 0.0671 e. The summed E-state index contributed by atoms with van der Waals surface area (Å²) in [5, 5.41) is 8.27. The molecule has 3 rings (SSSR count). The van der Waals surface area contributed by atoms with Crippen LogP contribution >= 0.6 is 27.3 Å². The lowest BCUT2D eigenvalue weighted by Crippen LogP contribution is -2.20. The molecular weight excluding hydrogens is 330 g/mol. The minimum absolute atomic E-state index is 0.285. The van der Waals surface area contributed by atoms with Crippen LogP contribution in [0.4, 0.5) is 0 Å². The molecule has 20 heavy (non-hydrogen) atoms. The molecule has 0 amide bonds. The summed E-state index contributed by atoms with van der Waals surface area (Å²) in [6.07, 6.45) is 0. The molecule has 3 heteroatoms. The predicted octanol–water partition coefficient (Wildman–Crippen LogP) is 5.36. The van der Waals surface area contributed by atoms with E-state index in [2.05, 4.69) is 82.1 Å². The van der Waals surface area contributed by atoms with Gasteiger partial charge in [-0.1, -0.05) is 47.1 Å². The number of rotatable bonds is 4. The molecule has 0 aliphatic rings. The van der Waals surface area contributed by atoms with E-state index in [1.54, 1.807) is 11.3 Å². The average Bonchev–Trinajstić information content (AvgIpc) is 2.98. The van der Waals surface area contributed by atoms with Gasteiger partial charge in [-0.05, 0) is 52.5 Å². The lowest BCUT2D eigenvalue weighted by Gasteiger charge is -2.17. The summed E-state index contributed by atoms with van der Waals surface area (Å²) in [5.74, 6) is 0. The normalized spacial score (nSPS) is 12.7. The maximum absolute atomic E-state index is 3.58. The Morgan fingerprint density at radius 1 is 1.10 bits per heavy atom. The van der Waals surface area contributed by atoms with Crippen LogP contribution in [0, 0.1) is 0 Å². The molecule has 1 nitrogen and oxygen atoms in total. The van der Waals surface area contributed by atoms with Gasteiger partial charge < -0.3 is 5.32 Å². The molecule has 2 aromatic carbocycles. The van der Waals surface area contributed by atoms with Crippen molar-refractivity contribution in [2.24, 2.45) is 0 Å². The Labute approximate surface area is 131 Å². The lowest BCUT2D eigenvalue weighted by molar-refractivity contribution is 0.640. The molecular formula is C17H16BrNS. The molecule has 3 aromatic rings. The second-order valence-corrected chi connectivity index (χ2v) is 6.65. The number of benzene rings is 2. The molecule has 0 saturated carbocycles. The van der Waals surface area contributed by atoms with Crippen molar-refractivity contribution in [3.05, 3.63) is 68.8 Å². The molecule has 0 bridgehead atoms. The van der Waals surface area contributed by atoms with Crippen LogP contribution < -0.4 is 5.32 Å². The Hall–Kier alpha value is -1.16. The fourth-order valence-electron chi connectivity index (χ4n) is 2.46. The summed E-state index contributed by atoms with van der Waals surface area (Å²) in [7, 11) is 0. The van der Waals surface area contributed by atoms with Crippen LogP contribution in [0.5, 0.6) is 0 Å². The van der Waals surface area contributed by atoms with Crippen molar-refractivity contribution in [1.82, 2.24) is 5.32 Å². The molecule has 1 N–H and O–H groups in total. The van der Waals surface area contributed by atoms with Crippen LogP contribution in [0.25, 0.3) is 10.8 Å². The number of halogens is 1. The summed E-state index contributed by atoms with van der Waals surface area (Å²) < 4.78 is 1.12. The fraction of sp³-hybridized carbons (Fsp3) is 0.176. The SMILES string of the molecule is CCNC(c1ccc2cc(Br)ccc2c1)c1cccs1. The van der Waals surface area contributed by atoms with Crippen LogP contribution in [0.2, 0.25) is 0 Å². The number of nitrogens with one attached hydrogen (secondary N) is 1. The molecule has 0 spiro atoms. The van der Waals surface area contributed by atoms with Gasteiger partial charge in [0, 0.05) is 9.35 Å². The summed E-state index contributed by atoms with van der Waals surface area (Å²) in [5.41, 5.74) is 1.32. The Morgan fingerprint density at radius 3 is 2.65 bits per heavy atom. The number of thiophene rings is 1. The minimum atomic E-state index is 0.285. The topological polar surface area (TPSA) is 12.0 Å². The molecule has 0 fully saturated rings. The molecule has 1 unspecified atom stereocenters. The maximum Gasteiger partial charge on any atom is 0.0671 e. The Bertz CT molecular complexity index is 706. The highest BCUT2D eigenvalue weighted by molar-refractivity contribution is 9.10. The van der Waals surface area contributed by atoms with Gasteiger partial charge in [-0.3, -0.25) is 0 Å². The summed E-state index contributed by atoms with van der Waals surface area (Å²) >= 11 is 5.33. The molecule has 1 aromatic heterocycles. The van der Waals surface area contributed by atoms with Crippen LogP contribution in [0.15, 0.2) is 58.4 Å². The van der Waals surface area contributed by atoms with Gasteiger partial charge in [0.25, 0.3) is 0 Å². The van der Waals surface area contributed by atoms with E-state index in [0.717, 1.165) is 11.0 Å². The van der Waals surface area contributed by atoms with Crippen molar-refractivity contribution in [3.8, 4) is 0 Å². The van der Waals surface area contributed by atoms with E-state index in [4.69, 9.17) is 0 Å². The van der Waals surface area contributed by atoms with Crippen molar-refractivity contribution in [2.45, 2.75) is 13.0 Å². The Kier molecular flexibility index (Phi) is 4.20. The van der Waals surface area contributed by atoms with Crippen LogP contribution in [0.1, 0.15) is 23.4 Å². The van der Waals surface area contributed by atoms with Gasteiger partial charge in [0.15, 0.2) is 0 Å². The monoisotopic (exact) mass is 345 g/mol. The van der Waals surface area contributed by atoms with E-state index >= 15 is 0 Å². The Balaban J connectivity index is 2.05. The van der Waals surface area contributed by atoms with E-state index < -0.39 is 0 Å². The Morgan fingerprint density at radius 2 is 1.90 bits per heavy atom. The quantitative estimate of drug-likeness (QED) is 0.670. The van der Waals surface area contributed by atoms with Gasteiger partial charge in [-0.2, -0.15) is 0 Å². The first kappa shape index (κ1) is 13.8. The average molecular weight is 346 g/mol. The highest BCUT2D eigenvalue weighted by atomic mass is 79.9. The van der Waals surface area contributed by atoms with Crippen LogP contribution in [0.3, 0.4) is 0 Å². The van der Waals surface area contributed by atoms with Crippen molar-refractivity contribution in [1.29, 1.82) is 0 Å². The van der Waals surface area contributed by atoms with Gasteiger partial charge in [-0.15, -0.1) is 11.3 Å². The summed E-state index contributed by atoms with van der Waals surface area (Å²) in [6.45, 7) is 3.11. The van der Waals surface area contributed by atoms with Crippen molar-refractivity contribution in [2.75, 3.05) is 6.54 Å². The third kappa shape index (κ3) is 2.80. The van der Waals surface area contributed by atoms with Gasteiger partial charge in [0.2, 0.25) is 0 Å². The summed E-state index contributed by atoms with van der Waals surface area (Å²) in [6, 6.07) is 17.7. The van der Waals surface area contributed by atoms with Crippen LogP contribution in [-0.4, -0.2) is 6.54 Å². The van der Waals surface area contributed by atoms with E-state index in [9.17, 15) is 0 Å². The van der Waals surface area contributed by atoms with Crippen LogP contribution in [-0.2, 0) is 0 Å². The second kappa shape index (κ2) is 6.08. The zero-order valence-electron chi connectivity index (χ0n) is 11.3. The maximum atomic E-state index is 3.58. The van der Waals surface area contributed by atoms with E-state index in [0.29, 0.717) is 0 Å². The van der Waals surface area contributed by atoms with Crippen molar-refractivity contribution >= 4 is 38.0 Å². The number of hydrogen-bond acceptors (Lipinski definition) is 2. The third-order valence-corrected chi connectivity index (χ3v) is 4.83. The second-order valence-electron chi connectivity index (χ2n) is 4.76. The zero-order valence-corrected chi connectivity index (χ0v) is 13.7. The van der Waals surface area contributed by atoms with Gasteiger partial charge in [0.1, 0.15) is 0 Å². The third-order valence-electron chi connectivity index (χ3n) is 3.40. The molecule has 1 heterocycles. The molecule has 0 saturated heterocycles. The number of hydrogen-bond donors (Lipinski definition) is 1. The first-order chi connectivity index (χ1) is 9.78. The minimum Gasteiger partial charge on any atom is -0.306 e. The molecule has 102 valence electrons. The molecule has 0 radical (unpaired) electrons. The predicted molar refractivity (Wildman–Crippen MR) is 91.5 cm³/mol. The highest BCUT2D eigenvalue weighted by Gasteiger charge is 2.14. The largest absolute Gasteiger partial charge is 0.306 e. The van der Waals surface area contributed by atoms with Gasteiger partial charge >= 0.3 is 0 Å². The first-order valence-electron chi connectivity index (χ1n) is 6.74. The highest BCUT2D eigenvalue weighted by Crippen LogP contribution is 2.29. The van der Waals surface area contributed by atoms with Crippen molar-refractivity contribution < 1.29 is 0 Å². The van der Waals surface area contributed by atoms with E-state index in [-0.39, 0.29) is 6.04 Å². The van der Waals surface area contributed by atoms with Gasteiger partial charge in [-0.25, -0.2) is 0 Å². The fourth-order valence-corrected chi connectivity index (χ4v) is 3.66. The summed E-state index contributed by atoms with van der Waals surface area (Å²) in [4.78, 5) is 1.36.